The van der Waals surface area contributed by atoms with Crippen LogP contribution in [0.4, 0.5) is 5.82 Å². The Hall–Kier alpha value is -0.430. The van der Waals surface area contributed by atoms with Crippen LogP contribution in [0.15, 0.2) is 0 Å². The fourth-order valence-corrected chi connectivity index (χ4v) is 2.27. The monoisotopic (exact) mass is 334 g/mol. The highest BCUT2D eigenvalue weighted by molar-refractivity contribution is 14.1. The number of anilines is 1. The highest BCUT2D eigenvalue weighted by Crippen LogP contribution is 2.19. The molecule has 0 aliphatic rings. The van der Waals surface area contributed by atoms with E-state index in [1.807, 2.05) is 7.05 Å². The Morgan fingerprint density at radius 3 is 2.50 bits per heavy atom. The summed E-state index contributed by atoms with van der Waals surface area (Å²) >= 11 is 2.30. The summed E-state index contributed by atoms with van der Waals surface area (Å²) in [7, 11) is 6.03. The maximum atomic E-state index is 4.59. The summed E-state index contributed by atoms with van der Waals surface area (Å²) < 4.78 is 1.14. The molecule has 0 amide bonds. The standard InChI is InChI=1S/C11H19IN4/c1-5-8-10(12)11(13-2)15-9(14-8)6-7-16(3)4/h5-7H2,1-4H3,(H,13,14,15). The van der Waals surface area contributed by atoms with Crippen molar-refractivity contribution in [2.45, 2.75) is 19.8 Å². The molecule has 0 aliphatic carbocycles. The third kappa shape index (κ3) is 3.55. The highest BCUT2D eigenvalue weighted by Gasteiger charge is 2.09. The third-order valence-electron chi connectivity index (χ3n) is 2.32. The number of rotatable bonds is 5. The molecule has 1 rings (SSSR count). The van der Waals surface area contributed by atoms with E-state index in [-0.39, 0.29) is 0 Å². The van der Waals surface area contributed by atoms with Gasteiger partial charge < -0.3 is 10.2 Å². The van der Waals surface area contributed by atoms with Gasteiger partial charge in [0.15, 0.2) is 0 Å². The molecule has 0 aliphatic heterocycles. The highest BCUT2D eigenvalue weighted by atomic mass is 127. The van der Waals surface area contributed by atoms with Crippen LogP contribution in [0.3, 0.4) is 0 Å². The topological polar surface area (TPSA) is 41.1 Å². The van der Waals surface area contributed by atoms with Gasteiger partial charge in [-0.25, -0.2) is 9.97 Å². The normalized spacial score (nSPS) is 10.9. The molecule has 0 bridgehead atoms. The summed E-state index contributed by atoms with van der Waals surface area (Å²) in [5, 5.41) is 3.13. The lowest BCUT2D eigenvalue weighted by Gasteiger charge is -2.12. The molecule has 0 spiro atoms. The van der Waals surface area contributed by atoms with Gasteiger partial charge in [0.2, 0.25) is 0 Å². The molecule has 1 heterocycles. The lowest BCUT2D eigenvalue weighted by atomic mass is 10.3. The number of aryl methyl sites for hydroxylation is 1. The van der Waals surface area contributed by atoms with Gasteiger partial charge in [0, 0.05) is 20.0 Å². The van der Waals surface area contributed by atoms with Crippen molar-refractivity contribution in [3.8, 4) is 0 Å². The first-order chi connectivity index (χ1) is 7.58. The zero-order valence-electron chi connectivity index (χ0n) is 10.3. The average molecular weight is 334 g/mol. The first-order valence-corrected chi connectivity index (χ1v) is 6.54. The van der Waals surface area contributed by atoms with Crippen LogP contribution in [0.5, 0.6) is 0 Å². The summed E-state index contributed by atoms with van der Waals surface area (Å²) in [4.78, 5) is 11.2. The number of hydrogen-bond donors (Lipinski definition) is 1. The van der Waals surface area contributed by atoms with Crippen molar-refractivity contribution >= 4 is 28.4 Å². The van der Waals surface area contributed by atoms with Crippen molar-refractivity contribution in [2.24, 2.45) is 0 Å². The van der Waals surface area contributed by atoms with E-state index in [4.69, 9.17) is 0 Å². The van der Waals surface area contributed by atoms with Crippen molar-refractivity contribution in [3.63, 3.8) is 0 Å². The lowest BCUT2D eigenvalue weighted by molar-refractivity contribution is 0.409. The van der Waals surface area contributed by atoms with Crippen molar-refractivity contribution < 1.29 is 0 Å². The van der Waals surface area contributed by atoms with Crippen LogP contribution in [0.1, 0.15) is 18.4 Å². The molecule has 4 nitrogen and oxygen atoms in total. The molecule has 1 N–H and O–H groups in total. The Balaban J connectivity index is 2.93. The molecule has 1 aromatic heterocycles. The minimum atomic E-state index is 0.894. The van der Waals surface area contributed by atoms with Crippen LogP contribution in [0.25, 0.3) is 0 Å². The van der Waals surface area contributed by atoms with Crippen LogP contribution >= 0.6 is 22.6 Å². The van der Waals surface area contributed by atoms with Crippen molar-refractivity contribution in [1.29, 1.82) is 0 Å². The average Bonchev–Trinajstić information content (AvgIpc) is 2.27. The van der Waals surface area contributed by atoms with Gasteiger partial charge >= 0.3 is 0 Å². The van der Waals surface area contributed by atoms with E-state index >= 15 is 0 Å². The number of hydrogen-bond acceptors (Lipinski definition) is 4. The van der Waals surface area contributed by atoms with Gasteiger partial charge in [0.1, 0.15) is 11.6 Å². The summed E-state index contributed by atoms with van der Waals surface area (Å²) in [6, 6.07) is 0. The van der Waals surface area contributed by atoms with Crippen molar-refractivity contribution in [1.82, 2.24) is 14.9 Å². The number of aromatic nitrogens is 2. The summed E-state index contributed by atoms with van der Waals surface area (Å²) in [6.07, 6.45) is 1.84. The molecule has 0 atom stereocenters. The SMILES string of the molecule is CCc1nc(CCN(C)C)nc(NC)c1I. The molecule has 0 fully saturated rings. The van der Waals surface area contributed by atoms with Crippen LogP contribution in [0, 0.1) is 3.57 Å². The first kappa shape index (κ1) is 13.6. The van der Waals surface area contributed by atoms with Gasteiger partial charge in [0.05, 0.1) is 9.26 Å². The first-order valence-electron chi connectivity index (χ1n) is 5.46. The Kier molecular flexibility index (Phi) is 5.40. The van der Waals surface area contributed by atoms with Gasteiger partial charge in [-0.1, -0.05) is 6.92 Å². The molecular weight excluding hydrogens is 315 g/mol. The Morgan fingerprint density at radius 2 is 2.00 bits per heavy atom. The molecule has 0 radical (unpaired) electrons. The molecule has 5 heteroatoms. The van der Waals surface area contributed by atoms with E-state index in [1.165, 1.54) is 0 Å². The number of likely N-dealkylation sites (N-methyl/N-ethyl adjacent to an activating group) is 1. The zero-order valence-corrected chi connectivity index (χ0v) is 12.5. The van der Waals surface area contributed by atoms with Crippen LogP contribution in [0.2, 0.25) is 0 Å². The Labute approximate surface area is 111 Å². The molecule has 90 valence electrons. The van der Waals surface area contributed by atoms with Crippen molar-refractivity contribution in [2.75, 3.05) is 33.0 Å². The van der Waals surface area contributed by atoms with E-state index in [0.29, 0.717) is 0 Å². The van der Waals surface area contributed by atoms with Crippen LogP contribution in [-0.4, -0.2) is 42.6 Å². The molecule has 0 saturated carbocycles. The summed E-state index contributed by atoms with van der Waals surface area (Å²) in [5.41, 5.74) is 1.13. The predicted molar refractivity (Wildman–Crippen MR) is 75.9 cm³/mol. The van der Waals surface area contributed by atoms with Crippen LogP contribution < -0.4 is 5.32 Å². The van der Waals surface area contributed by atoms with Crippen LogP contribution in [-0.2, 0) is 12.8 Å². The van der Waals surface area contributed by atoms with Gasteiger partial charge in [-0.3, -0.25) is 0 Å². The zero-order chi connectivity index (χ0) is 12.1. The third-order valence-corrected chi connectivity index (χ3v) is 3.45. The second kappa shape index (κ2) is 6.34. The van der Waals surface area contributed by atoms with Gasteiger partial charge in [-0.15, -0.1) is 0 Å². The second-order valence-electron chi connectivity index (χ2n) is 3.91. The molecular formula is C11H19IN4. The fourth-order valence-electron chi connectivity index (χ4n) is 1.38. The molecule has 0 saturated heterocycles. The Bertz CT molecular complexity index is 327. The number of halogens is 1. The van der Waals surface area contributed by atoms with E-state index < -0.39 is 0 Å². The molecule has 0 aromatic carbocycles. The van der Waals surface area contributed by atoms with Crippen molar-refractivity contribution in [3.05, 3.63) is 15.1 Å². The number of nitrogens with one attached hydrogen (secondary N) is 1. The van der Waals surface area contributed by atoms with E-state index in [0.717, 1.165) is 40.3 Å². The van der Waals surface area contributed by atoms with Gasteiger partial charge in [-0.05, 0) is 43.1 Å². The number of nitrogens with zero attached hydrogens (tertiary/aromatic N) is 3. The largest absolute Gasteiger partial charge is 0.372 e. The fraction of sp³-hybridized carbons (Fsp3) is 0.636. The Morgan fingerprint density at radius 1 is 1.31 bits per heavy atom. The van der Waals surface area contributed by atoms with E-state index in [9.17, 15) is 0 Å². The predicted octanol–water partition coefficient (Wildman–Crippen LogP) is 1.79. The summed E-state index contributed by atoms with van der Waals surface area (Å²) in [5.74, 6) is 1.87. The van der Waals surface area contributed by atoms with Gasteiger partial charge in [-0.2, -0.15) is 0 Å². The minimum absolute atomic E-state index is 0.894. The van der Waals surface area contributed by atoms with E-state index in [1.54, 1.807) is 0 Å². The maximum absolute atomic E-state index is 4.59. The van der Waals surface area contributed by atoms with E-state index in [2.05, 4.69) is 63.8 Å². The summed E-state index contributed by atoms with van der Waals surface area (Å²) in [6.45, 7) is 3.10. The minimum Gasteiger partial charge on any atom is -0.372 e. The smallest absolute Gasteiger partial charge is 0.143 e. The molecule has 0 unspecified atom stereocenters. The second-order valence-corrected chi connectivity index (χ2v) is 4.98. The lowest BCUT2D eigenvalue weighted by Crippen LogP contribution is -2.17. The maximum Gasteiger partial charge on any atom is 0.143 e. The molecule has 16 heavy (non-hydrogen) atoms. The van der Waals surface area contributed by atoms with Gasteiger partial charge in [0.25, 0.3) is 0 Å². The molecule has 1 aromatic rings. The quantitative estimate of drug-likeness (QED) is 0.834.